The van der Waals surface area contributed by atoms with Gasteiger partial charge in [0.05, 0.1) is 9.89 Å². The Morgan fingerprint density at radius 2 is 2.28 bits per heavy atom. The highest BCUT2D eigenvalue weighted by molar-refractivity contribution is 9.13. The highest BCUT2D eigenvalue weighted by Crippen LogP contribution is 2.42. The van der Waals surface area contributed by atoms with Gasteiger partial charge in [-0.15, -0.1) is 11.3 Å². The van der Waals surface area contributed by atoms with Crippen molar-refractivity contribution < 1.29 is 4.74 Å². The van der Waals surface area contributed by atoms with E-state index in [4.69, 9.17) is 4.74 Å². The molecule has 0 saturated carbocycles. The van der Waals surface area contributed by atoms with E-state index in [2.05, 4.69) is 57.1 Å². The van der Waals surface area contributed by atoms with Crippen LogP contribution in [0.5, 0.6) is 0 Å². The molecule has 0 aromatic carbocycles. The van der Waals surface area contributed by atoms with Crippen LogP contribution in [0.25, 0.3) is 0 Å². The van der Waals surface area contributed by atoms with Crippen molar-refractivity contribution in [2.75, 3.05) is 19.7 Å². The molecule has 0 spiro atoms. The van der Waals surface area contributed by atoms with Crippen molar-refractivity contribution in [2.24, 2.45) is 11.8 Å². The first kappa shape index (κ1) is 15.0. The Labute approximate surface area is 130 Å². The largest absolute Gasteiger partial charge is 0.372 e. The molecule has 2 rings (SSSR count). The average Bonchev–Trinajstić information content (AvgIpc) is 2.86. The summed E-state index contributed by atoms with van der Waals surface area (Å²) in [5.41, 5.74) is 0. The zero-order valence-corrected chi connectivity index (χ0v) is 14.7. The van der Waals surface area contributed by atoms with Gasteiger partial charge in [-0.3, -0.25) is 0 Å². The molecule has 102 valence electrons. The molecule has 2 unspecified atom stereocenters. The molecule has 2 atom stereocenters. The van der Waals surface area contributed by atoms with Crippen molar-refractivity contribution in [3.8, 4) is 0 Å². The summed E-state index contributed by atoms with van der Waals surface area (Å²) in [5.74, 6) is 1.30. The van der Waals surface area contributed by atoms with Crippen LogP contribution in [-0.4, -0.2) is 19.7 Å². The van der Waals surface area contributed by atoms with Crippen LogP contribution < -0.4 is 5.32 Å². The Morgan fingerprint density at radius 1 is 1.50 bits per heavy atom. The van der Waals surface area contributed by atoms with Crippen LogP contribution in [0.3, 0.4) is 0 Å². The highest BCUT2D eigenvalue weighted by atomic mass is 79.9. The minimum absolute atomic E-state index is 0.261. The van der Waals surface area contributed by atoms with Crippen LogP contribution in [-0.2, 0) is 4.74 Å². The lowest BCUT2D eigenvalue weighted by Gasteiger charge is -2.18. The van der Waals surface area contributed by atoms with Gasteiger partial charge in [0.2, 0.25) is 0 Å². The summed E-state index contributed by atoms with van der Waals surface area (Å²) in [5, 5.41) is 3.55. The van der Waals surface area contributed by atoms with Gasteiger partial charge in [-0.05, 0) is 56.8 Å². The standard InChI is InChI=1S/C13H19Br2NOS/c1-8(2)6-16-7-9-3-4-17-12(9)11-5-10(14)13(15)18-11/h5,8-9,12,16H,3-4,6-7H2,1-2H3. The van der Waals surface area contributed by atoms with Gasteiger partial charge >= 0.3 is 0 Å². The van der Waals surface area contributed by atoms with E-state index in [1.807, 2.05) is 0 Å². The fourth-order valence-corrected chi connectivity index (χ4v) is 4.45. The molecule has 1 aliphatic heterocycles. The first-order valence-corrected chi connectivity index (χ1v) is 8.75. The summed E-state index contributed by atoms with van der Waals surface area (Å²) in [6, 6.07) is 2.18. The van der Waals surface area contributed by atoms with Gasteiger partial charge in [0, 0.05) is 28.4 Å². The minimum Gasteiger partial charge on any atom is -0.372 e. The lowest BCUT2D eigenvalue weighted by atomic mass is 10.00. The molecule has 1 saturated heterocycles. The summed E-state index contributed by atoms with van der Waals surface area (Å²) >= 11 is 8.87. The van der Waals surface area contributed by atoms with Crippen molar-refractivity contribution in [1.82, 2.24) is 5.32 Å². The third-order valence-electron chi connectivity index (χ3n) is 3.12. The van der Waals surface area contributed by atoms with Crippen LogP contribution in [0, 0.1) is 11.8 Å². The second-order valence-electron chi connectivity index (χ2n) is 5.16. The van der Waals surface area contributed by atoms with Crippen molar-refractivity contribution in [3.63, 3.8) is 0 Å². The summed E-state index contributed by atoms with van der Waals surface area (Å²) in [6.45, 7) is 7.50. The van der Waals surface area contributed by atoms with Crippen molar-refractivity contribution >= 4 is 43.2 Å². The van der Waals surface area contributed by atoms with Crippen molar-refractivity contribution in [2.45, 2.75) is 26.4 Å². The lowest BCUT2D eigenvalue weighted by molar-refractivity contribution is 0.0932. The number of ether oxygens (including phenoxy) is 1. The van der Waals surface area contributed by atoms with E-state index in [0.29, 0.717) is 11.8 Å². The minimum atomic E-state index is 0.261. The predicted molar refractivity (Wildman–Crippen MR) is 84.2 cm³/mol. The van der Waals surface area contributed by atoms with Gasteiger partial charge < -0.3 is 10.1 Å². The van der Waals surface area contributed by atoms with Crippen LogP contribution >= 0.6 is 43.2 Å². The molecule has 18 heavy (non-hydrogen) atoms. The first-order valence-electron chi connectivity index (χ1n) is 6.35. The maximum Gasteiger partial charge on any atom is 0.0958 e. The second kappa shape index (κ2) is 6.84. The van der Waals surface area contributed by atoms with Gasteiger partial charge in [-0.25, -0.2) is 0 Å². The molecule has 1 aromatic heterocycles. The van der Waals surface area contributed by atoms with Crippen LogP contribution in [0.1, 0.15) is 31.2 Å². The van der Waals surface area contributed by atoms with E-state index in [-0.39, 0.29) is 6.10 Å². The Bertz CT molecular complexity index is 375. The average molecular weight is 397 g/mol. The Balaban J connectivity index is 1.94. The van der Waals surface area contributed by atoms with E-state index in [1.165, 1.54) is 4.88 Å². The molecule has 2 nitrogen and oxygen atoms in total. The quantitative estimate of drug-likeness (QED) is 0.785. The Hall–Kier alpha value is 0.580. The molecule has 0 bridgehead atoms. The molecule has 2 heterocycles. The molecule has 5 heteroatoms. The van der Waals surface area contributed by atoms with E-state index < -0.39 is 0 Å². The predicted octanol–water partition coefficient (Wildman–Crippen LogP) is 4.60. The van der Waals surface area contributed by atoms with E-state index in [1.54, 1.807) is 11.3 Å². The van der Waals surface area contributed by atoms with E-state index in [9.17, 15) is 0 Å². The lowest BCUT2D eigenvalue weighted by Crippen LogP contribution is -2.27. The van der Waals surface area contributed by atoms with Crippen LogP contribution in [0.2, 0.25) is 0 Å². The maximum absolute atomic E-state index is 5.91. The monoisotopic (exact) mass is 395 g/mol. The molecular weight excluding hydrogens is 378 g/mol. The number of nitrogens with one attached hydrogen (secondary N) is 1. The topological polar surface area (TPSA) is 21.3 Å². The molecule has 0 amide bonds. The second-order valence-corrected chi connectivity index (χ2v) is 8.42. The number of rotatable bonds is 5. The molecule has 1 aliphatic rings. The van der Waals surface area contributed by atoms with Gasteiger partial charge in [0.1, 0.15) is 0 Å². The zero-order chi connectivity index (χ0) is 13.1. The third-order valence-corrected chi connectivity index (χ3v) is 6.44. The number of hydrogen-bond acceptors (Lipinski definition) is 3. The highest BCUT2D eigenvalue weighted by Gasteiger charge is 2.31. The number of hydrogen-bond donors (Lipinski definition) is 1. The molecule has 0 radical (unpaired) electrons. The smallest absolute Gasteiger partial charge is 0.0958 e. The van der Waals surface area contributed by atoms with Gasteiger partial charge in [-0.1, -0.05) is 13.8 Å². The molecule has 1 fully saturated rings. The summed E-state index contributed by atoms with van der Waals surface area (Å²) in [4.78, 5) is 1.32. The van der Waals surface area contributed by atoms with Crippen molar-refractivity contribution in [3.05, 3.63) is 19.2 Å². The number of halogens is 2. The first-order chi connectivity index (χ1) is 8.58. The van der Waals surface area contributed by atoms with Gasteiger partial charge in [0.25, 0.3) is 0 Å². The fourth-order valence-electron chi connectivity index (χ4n) is 2.22. The normalized spacial score (nSPS) is 24.1. The fraction of sp³-hybridized carbons (Fsp3) is 0.692. The zero-order valence-electron chi connectivity index (χ0n) is 10.7. The van der Waals surface area contributed by atoms with Crippen LogP contribution in [0.4, 0.5) is 0 Å². The molecule has 1 N–H and O–H groups in total. The van der Waals surface area contributed by atoms with E-state index >= 15 is 0 Å². The third kappa shape index (κ3) is 3.79. The van der Waals surface area contributed by atoms with E-state index in [0.717, 1.165) is 34.4 Å². The van der Waals surface area contributed by atoms with Crippen molar-refractivity contribution in [1.29, 1.82) is 0 Å². The van der Waals surface area contributed by atoms with Crippen LogP contribution in [0.15, 0.2) is 14.3 Å². The Morgan fingerprint density at radius 3 is 2.89 bits per heavy atom. The summed E-state index contributed by atoms with van der Waals surface area (Å²) in [6.07, 6.45) is 1.42. The SMILES string of the molecule is CC(C)CNCC1CCOC1c1cc(Br)c(Br)s1. The molecular formula is C13H19Br2NOS. The maximum atomic E-state index is 5.91. The van der Waals surface area contributed by atoms with Gasteiger partial charge in [0.15, 0.2) is 0 Å². The number of thiophene rings is 1. The molecule has 0 aliphatic carbocycles. The summed E-state index contributed by atoms with van der Waals surface area (Å²) in [7, 11) is 0. The Kier molecular flexibility index (Phi) is 5.69. The molecule has 1 aromatic rings. The summed E-state index contributed by atoms with van der Waals surface area (Å²) < 4.78 is 8.19. The van der Waals surface area contributed by atoms with Gasteiger partial charge in [-0.2, -0.15) is 0 Å².